The van der Waals surface area contributed by atoms with Crippen molar-refractivity contribution in [2.24, 2.45) is 5.92 Å². The molecule has 0 aromatic carbocycles. The van der Waals surface area contributed by atoms with Crippen LogP contribution < -0.4 is 10.1 Å². The van der Waals surface area contributed by atoms with Crippen molar-refractivity contribution in [1.29, 1.82) is 0 Å². The molecule has 1 N–H and O–H groups in total. The Labute approximate surface area is 97.5 Å². The number of hydrogen-bond donors (Lipinski definition) is 1. The van der Waals surface area contributed by atoms with Crippen molar-refractivity contribution in [3.8, 4) is 5.88 Å². The third-order valence-electron chi connectivity index (χ3n) is 2.23. The van der Waals surface area contributed by atoms with Crippen LogP contribution in [0.3, 0.4) is 0 Å². The Morgan fingerprint density at radius 3 is 2.75 bits per heavy atom. The van der Waals surface area contributed by atoms with E-state index in [0.717, 1.165) is 24.6 Å². The van der Waals surface area contributed by atoms with Crippen LogP contribution in [-0.2, 0) is 0 Å². The molecule has 0 radical (unpaired) electrons. The number of nitrogens with one attached hydrogen (secondary N) is 1. The summed E-state index contributed by atoms with van der Waals surface area (Å²) < 4.78 is 5.59. The highest BCUT2D eigenvalue weighted by Crippen LogP contribution is 2.12. The molecule has 0 aliphatic carbocycles. The van der Waals surface area contributed by atoms with Gasteiger partial charge in [0.25, 0.3) is 0 Å². The molecule has 1 rings (SSSR count). The van der Waals surface area contributed by atoms with Crippen molar-refractivity contribution >= 4 is 5.95 Å². The first-order valence-corrected chi connectivity index (χ1v) is 5.78. The van der Waals surface area contributed by atoms with Crippen LogP contribution in [-0.4, -0.2) is 23.6 Å². The predicted octanol–water partition coefficient (Wildman–Crippen LogP) is 2.64. The van der Waals surface area contributed by atoms with E-state index in [1.54, 1.807) is 7.05 Å². The number of ether oxygens (including phenoxy) is 1. The SMILES string of the molecule is CNc1nc(C)cc(OCCCC(C)C)n1. The highest BCUT2D eigenvalue weighted by molar-refractivity contribution is 5.29. The third kappa shape index (κ3) is 4.47. The van der Waals surface area contributed by atoms with Gasteiger partial charge in [-0.3, -0.25) is 0 Å². The minimum absolute atomic E-state index is 0.610. The van der Waals surface area contributed by atoms with Gasteiger partial charge in [0.2, 0.25) is 11.8 Å². The molecule has 0 saturated carbocycles. The zero-order valence-corrected chi connectivity index (χ0v) is 10.6. The maximum absolute atomic E-state index is 5.59. The Balaban J connectivity index is 2.44. The van der Waals surface area contributed by atoms with Gasteiger partial charge in [0, 0.05) is 18.8 Å². The lowest BCUT2D eigenvalue weighted by atomic mass is 10.1. The van der Waals surface area contributed by atoms with Crippen LogP contribution in [0.2, 0.25) is 0 Å². The van der Waals surface area contributed by atoms with Gasteiger partial charge >= 0.3 is 0 Å². The summed E-state index contributed by atoms with van der Waals surface area (Å²) >= 11 is 0. The number of aryl methyl sites for hydroxylation is 1. The Morgan fingerprint density at radius 2 is 2.12 bits per heavy atom. The average Bonchev–Trinajstić information content (AvgIpc) is 2.23. The molecule has 4 heteroatoms. The third-order valence-corrected chi connectivity index (χ3v) is 2.23. The average molecular weight is 223 g/mol. The molecule has 0 atom stereocenters. The maximum atomic E-state index is 5.59. The lowest BCUT2D eigenvalue weighted by Gasteiger charge is -2.08. The van der Waals surface area contributed by atoms with Crippen molar-refractivity contribution in [2.75, 3.05) is 19.0 Å². The first-order chi connectivity index (χ1) is 7.61. The van der Waals surface area contributed by atoms with Crippen LogP contribution in [0.25, 0.3) is 0 Å². The fourth-order valence-electron chi connectivity index (χ4n) is 1.39. The smallest absolute Gasteiger partial charge is 0.225 e. The second kappa shape index (κ2) is 6.30. The van der Waals surface area contributed by atoms with Gasteiger partial charge in [-0.2, -0.15) is 4.98 Å². The van der Waals surface area contributed by atoms with Crippen molar-refractivity contribution in [2.45, 2.75) is 33.6 Å². The molecule has 0 aliphatic rings. The molecule has 0 aliphatic heterocycles. The number of aromatic nitrogens is 2. The largest absolute Gasteiger partial charge is 0.478 e. The van der Waals surface area contributed by atoms with Gasteiger partial charge in [0.05, 0.1) is 6.61 Å². The van der Waals surface area contributed by atoms with E-state index >= 15 is 0 Å². The molecule has 0 bridgehead atoms. The molecule has 0 spiro atoms. The van der Waals surface area contributed by atoms with E-state index in [2.05, 4.69) is 29.1 Å². The van der Waals surface area contributed by atoms with E-state index in [1.807, 2.05) is 13.0 Å². The first-order valence-electron chi connectivity index (χ1n) is 5.78. The lowest BCUT2D eigenvalue weighted by molar-refractivity contribution is 0.287. The Kier molecular flexibility index (Phi) is 5.02. The van der Waals surface area contributed by atoms with Crippen LogP contribution in [0.5, 0.6) is 5.88 Å². The standard InChI is InChI=1S/C12H21N3O/c1-9(2)6-5-7-16-11-8-10(3)14-12(13-4)15-11/h8-9H,5-7H2,1-4H3,(H,13,14,15). The highest BCUT2D eigenvalue weighted by atomic mass is 16.5. The van der Waals surface area contributed by atoms with Crippen molar-refractivity contribution in [3.05, 3.63) is 11.8 Å². The minimum Gasteiger partial charge on any atom is -0.478 e. The van der Waals surface area contributed by atoms with Crippen LogP contribution >= 0.6 is 0 Å². The molecule has 0 saturated heterocycles. The van der Waals surface area contributed by atoms with E-state index in [-0.39, 0.29) is 0 Å². The second-order valence-corrected chi connectivity index (χ2v) is 4.31. The molecule has 0 fully saturated rings. The Bertz CT molecular complexity index is 326. The molecule has 16 heavy (non-hydrogen) atoms. The van der Waals surface area contributed by atoms with E-state index in [9.17, 15) is 0 Å². The van der Waals surface area contributed by atoms with Gasteiger partial charge in [-0.25, -0.2) is 4.98 Å². The minimum atomic E-state index is 0.610. The van der Waals surface area contributed by atoms with Crippen LogP contribution in [0, 0.1) is 12.8 Å². The number of hydrogen-bond acceptors (Lipinski definition) is 4. The van der Waals surface area contributed by atoms with Crippen molar-refractivity contribution < 1.29 is 4.74 Å². The zero-order chi connectivity index (χ0) is 12.0. The molecule has 1 aromatic rings. The Hall–Kier alpha value is -1.32. The highest BCUT2D eigenvalue weighted by Gasteiger charge is 2.01. The predicted molar refractivity (Wildman–Crippen MR) is 65.9 cm³/mol. The zero-order valence-electron chi connectivity index (χ0n) is 10.6. The molecule has 90 valence electrons. The summed E-state index contributed by atoms with van der Waals surface area (Å²) in [5.41, 5.74) is 0.915. The summed E-state index contributed by atoms with van der Waals surface area (Å²) in [4.78, 5) is 8.43. The topological polar surface area (TPSA) is 47.0 Å². The van der Waals surface area contributed by atoms with Crippen LogP contribution in [0.1, 0.15) is 32.4 Å². The number of rotatable bonds is 6. The summed E-state index contributed by atoms with van der Waals surface area (Å²) in [7, 11) is 1.80. The molecular formula is C12H21N3O. The molecular weight excluding hydrogens is 202 g/mol. The lowest BCUT2D eigenvalue weighted by Crippen LogP contribution is -2.04. The van der Waals surface area contributed by atoms with E-state index in [0.29, 0.717) is 11.8 Å². The van der Waals surface area contributed by atoms with E-state index < -0.39 is 0 Å². The van der Waals surface area contributed by atoms with Gasteiger partial charge in [0.1, 0.15) is 0 Å². The normalized spacial score (nSPS) is 10.6. The van der Waals surface area contributed by atoms with Crippen LogP contribution in [0.4, 0.5) is 5.95 Å². The molecule has 0 amide bonds. The fraction of sp³-hybridized carbons (Fsp3) is 0.667. The van der Waals surface area contributed by atoms with Crippen molar-refractivity contribution in [1.82, 2.24) is 9.97 Å². The summed E-state index contributed by atoms with van der Waals surface area (Å²) in [5.74, 6) is 1.99. The van der Waals surface area contributed by atoms with E-state index in [1.165, 1.54) is 6.42 Å². The summed E-state index contributed by atoms with van der Waals surface area (Å²) in [6.07, 6.45) is 2.25. The van der Waals surface area contributed by atoms with Gasteiger partial charge in [0.15, 0.2) is 0 Å². The van der Waals surface area contributed by atoms with Crippen LogP contribution in [0.15, 0.2) is 6.07 Å². The molecule has 4 nitrogen and oxygen atoms in total. The number of anilines is 1. The van der Waals surface area contributed by atoms with Gasteiger partial charge in [-0.15, -0.1) is 0 Å². The first kappa shape index (κ1) is 12.7. The fourth-order valence-corrected chi connectivity index (χ4v) is 1.39. The summed E-state index contributed by atoms with van der Waals surface area (Å²) in [6.45, 7) is 7.09. The monoisotopic (exact) mass is 223 g/mol. The van der Waals surface area contributed by atoms with Crippen molar-refractivity contribution in [3.63, 3.8) is 0 Å². The summed E-state index contributed by atoms with van der Waals surface area (Å²) in [6, 6.07) is 1.86. The maximum Gasteiger partial charge on any atom is 0.225 e. The molecule has 0 unspecified atom stereocenters. The number of nitrogens with zero attached hydrogens (tertiary/aromatic N) is 2. The molecule has 1 heterocycles. The molecule has 1 aromatic heterocycles. The quantitative estimate of drug-likeness (QED) is 0.753. The van der Waals surface area contributed by atoms with Gasteiger partial charge in [-0.05, 0) is 25.7 Å². The summed E-state index contributed by atoms with van der Waals surface area (Å²) in [5, 5.41) is 2.91. The van der Waals surface area contributed by atoms with Gasteiger partial charge < -0.3 is 10.1 Å². The van der Waals surface area contributed by atoms with E-state index in [4.69, 9.17) is 4.74 Å². The second-order valence-electron chi connectivity index (χ2n) is 4.31. The Morgan fingerprint density at radius 1 is 1.38 bits per heavy atom. The van der Waals surface area contributed by atoms with Gasteiger partial charge in [-0.1, -0.05) is 13.8 Å².